The maximum Gasteiger partial charge on any atom is 0.0876 e. The second kappa shape index (κ2) is 4.27. The Morgan fingerprint density at radius 2 is 1.91 bits per heavy atom. The van der Waals surface area contributed by atoms with E-state index in [1.54, 1.807) is 0 Å². The van der Waals surface area contributed by atoms with Crippen LogP contribution in [-0.2, 0) is 0 Å². The van der Waals surface area contributed by atoms with Crippen molar-refractivity contribution in [2.45, 2.75) is 38.2 Å². The van der Waals surface area contributed by atoms with Gasteiger partial charge in [0, 0.05) is 4.48 Å². The van der Waals surface area contributed by atoms with E-state index in [9.17, 15) is 5.11 Å². The SMILES string of the molecule is C=C(Br)C(O)C1CCCCC1. The van der Waals surface area contributed by atoms with Gasteiger partial charge in [0.2, 0.25) is 0 Å². The number of rotatable bonds is 2. The highest BCUT2D eigenvalue weighted by molar-refractivity contribution is 9.11. The molecule has 1 saturated carbocycles. The molecule has 0 aromatic heterocycles. The summed E-state index contributed by atoms with van der Waals surface area (Å²) in [6.07, 6.45) is 5.86. The van der Waals surface area contributed by atoms with Gasteiger partial charge in [0.1, 0.15) is 0 Å². The number of hydrogen-bond acceptors (Lipinski definition) is 1. The van der Waals surface area contributed by atoms with Crippen LogP contribution in [0.4, 0.5) is 0 Å². The highest BCUT2D eigenvalue weighted by atomic mass is 79.9. The Morgan fingerprint density at radius 3 is 2.36 bits per heavy atom. The van der Waals surface area contributed by atoms with Crippen LogP contribution in [0.15, 0.2) is 11.1 Å². The first-order valence-electron chi connectivity index (χ1n) is 4.24. The summed E-state index contributed by atoms with van der Waals surface area (Å²) in [7, 11) is 0. The van der Waals surface area contributed by atoms with E-state index < -0.39 is 0 Å². The predicted molar refractivity (Wildman–Crippen MR) is 50.6 cm³/mol. The van der Waals surface area contributed by atoms with Crippen LogP contribution in [0.25, 0.3) is 0 Å². The molecule has 0 aromatic carbocycles. The van der Waals surface area contributed by atoms with E-state index in [-0.39, 0.29) is 6.10 Å². The largest absolute Gasteiger partial charge is 0.388 e. The summed E-state index contributed by atoms with van der Waals surface area (Å²) in [4.78, 5) is 0. The predicted octanol–water partition coefficient (Wildman–Crippen LogP) is 2.84. The van der Waals surface area contributed by atoms with Gasteiger partial charge < -0.3 is 5.11 Å². The van der Waals surface area contributed by atoms with Crippen molar-refractivity contribution in [2.24, 2.45) is 5.92 Å². The third kappa shape index (κ3) is 2.60. The molecule has 1 unspecified atom stereocenters. The first-order valence-corrected chi connectivity index (χ1v) is 5.03. The first-order chi connectivity index (χ1) is 5.22. The molecule has 1 atom stereocenters. The Labute approximate surface area is 76.6 Å². The van der Waals surface area contributed by atoms with E-state index in [4.69, 9.17) is 0 Å². The lowest BCUT2D eigenvalue weighted by Crippen LogP contribution is -2.22. The fourth-order valence-electron chi connectivity index (χ4n) is 1.71. The van der Waals surface area contributed by atoms with Gasteiger partial charge in [-0.25, -0.2) is 0 Å². The average molecular weight is 219 g/mol. The van der Waals surface area contributed by atoms with Crippen molar-refractivity contribution in [3.63, 3.8) is 0 Å². The van der Waals surface area contributed by atoms with Crippen molar-refractivity contribution in [1.29, 1.82) is 0 Å². The van der Waals surface area contributed by atoms with Gasteiger partial charge in [-0.15, -0.1) is 0 Å². The normalized spacial score (nSPS) is 23.1. The second-order valence-electron chi connectivity index (χ2n) is 3.29. The lowest BCUT2D eigenvalue weighted by Gasteiger charge is -2.25. The van der Waals surface area contributed by atoms with Gasteiger partial charge in [-0.05, 0) is 18.8 Å². The molecular weight excluding hydrogens is 204 g/mol. The summed E-state index contributed by atoms with van der Waals surface area (Å²) >= 11 is 3.23. The summed E-state index contributed by atoms with van der Waals surface area (Å²) in [6.45, 7) is 3.70. The van der Waals surface area contributed by atoms with Gasteiger partial charge in [-0.2, -0.15) is 0 Å². The smallest absolute Gasteiger partial charge is 0.0876 e. The van der Waals surface area contributed by atoms with Gasteiger partial charge >= 0.3 is 0 Å². The highest BCUT2D eigenvalue weighted by Crippen LogP contribution is 2.30. The van der Waals surface area contributed by atoms with Crippen molar-refractivity contribution in [3.05, 3.63) is 11.1 Å². The zero-order chi connectivity index (χ0) is 8.27. The third-order valence-electron chi connectivity index (χ3n) is 2.42. The molecule has 1 N–H and O–H groups in total. The highest BCUT2D eigenvalue weighted by Gasteiger charge is 2.22. The molecule has 0 heterocycles. The van der Waals surface area contributed by atoms with Crippen LogP contribution < -0.4 is 0 Å². The fourth-order valence-corrected chi connectivity index (χ4v) is 2.08. The Bertz CT molecular complexity index is 138. The van der Waals surface area contributed by atoms with E-state index in [1.165, 1.54) is 19.3 Å². The topological polar surface area (TPSA) is 20.2 Å². The minimum Gasteiger partial charge on any atom is -0.388 e. The lowest BCUT2D eigenvalue weighted by atomic mass is 9.85. The minimum atomic E-state index is -0.324. The van der Waals surface area contributed by atoms with Gasteiger partial charge in [0.25, 0.3) is 0 Å². The van der Waals surface area contributed by atoms with Crippen molar-refractivity contribution in [3.8, 4) is 0 Å². The average Bonchev–Trinajstić information content (AvgIpc) is 2.05. The molecule has 11 heavy (non-hydrogen) atoms. The molecule has 0 amide bonds. The number of aliphatic hydroxyl groups is 1. The van der Waals surface area contributed by atoms with Crippen LogP contribution in [0.3, 0.4) is 0 Å². The van der Waals surface area contributed by atoms with Crippen LogP contribution in [-0.4, -0.2) is 11.2 Å². The fraction of sp³-hybridized carbons (Fsp3) is 0.778. The molecule has 1 aliphatic rings. The van der Waals surface area contributed by atoms with Crippen LogP contribution in [0, 0.1) is 5.92 Å². The van der Waals surface area contributed by atoms with E-state index in [2.05, 4.69) is 22.5 Å². The van der Waals surface area contributed by atoms with Gasteiger partial charge in [0.15, 0.2) is 0 Å². The van der Waals surface area contributed by atoms with Crippen molar-refractivity contribution in [2.75, 3.05) is 0 Å². The Morgan fingerprint density at radius 1 is 1.36 bits per heavy atom. The summed E-state index contributed by atoms with van der Waals surface area (Å²) in [5.41, 5.74) is 0. The number of hydrogen-bond donors (Lipinski definition) is 1. The zero-order valence-electron chi connectivity index (χ0n) is 6.72. The molecule has 0 aromatic rings. The van der Waals surface area contributed by atoms with Crippen molar-refractivity contribution in [1.82, 2.24) is 0 Å². The Kier molecular flexibility index (Phi) is 3.60. The Hall–Kier alpha value is 0.180. The van der Waals surface area contributed by atoms with Crippen LogP contribution in [0.5, 0.6) is 0 Å². The van der Waals surface area contributed by atoms with E-state index in [0.717, 1.165) is 17.3 Å². The molecule has 0 saturated heterocycles. The molecule has 1 aliphatic carbocycles. The van der Waals surface area contributed by atoms with Crippen molar-refractivity contribution < 1.29 is 5.11 Å². The molecule has 0 bridgehead atoms. The molecule has 64 valence electrons. The third-order valence-corrected chi connectivity index (χ3v) is 2.89. The number of aliphatic hydroxyl groups excluding tert-OH is 1. The summed E-state index contributed by atoms with van der Waals surface area (Å²) in [5.74, 6) is 0.454. The minimum absolute atomic E-state index is 0.324. The number of halogens is 1. The molecule has 1 nitrogen and oxygen atoms in total. The summed E-state index contributed by atoms with van der Waals surface area (Å²) < 4.78 is 0.740. The van der Waals surface area contributed by atoms with Crippen LogP contribution in [0.1, 0.15) is 32.1 Å². The van der Waals surface area contributed by atoms with Crippen LogP contribution in [0.2, 0.25) is 0 Å². The van der Waals surface area contributed by atoms with Gasteiger partial charge in [-0.3, -0.25) is 0 Å². The Balaban J connectivity index is 2.38. The first kappa shape index (κ1) is 9.27. The van der Waals surface area contributed by atoms with Gasteiger partial charge in [0.05, 0.1) is 6.10 Å². The van der Waals surface area contributed by atoms with E-state index >= 15 is 0 Å². The lowest BCUT2D eigenvalue weighted by molar-refractivity contribution is 0.123. The molecular formula is C9H15BrO. The molecule has 1 rings (SSSR count). The van der Waals surface area contributed by atoms with E-state index in [0.29, 0.717) is 5.92 Å². The maximum atomic E-state index is 9.60. The molecule has 0 radical (unpaired) electrons. The summed E-state index contributed by atoms with van der Waals surface area (Å²) in [5, 5.41) is 9.60. The monoisotopic (exact) mass is 218 g/mol. The second-order valence-corrected chi connectivity index (χ2v) is 4.31. The zero-order valence-corrected chi connectivity index (χ0v) is 8.31. The molecule has 2 heteroatoms. The maximum absolute atomic E-state index is 9.60. The van der Waals surface area contributed by atoms with E-state index in [1.807, 2.05) is 0 Å². The van der Waals surface area contributed by atoms with Crippen LogP contribution >= 0.6 is 15.9 Å². The summed E-state index contributed by atoms with van der Waals surface area (Å²) in [6, 6.07) is 0. The molecule has 0 spiro atoms. The quantitative estimate of drug-likeness (QED) is 0.757. The standard InChI is InChI=1S/C9H15BrO/c1-7(10)9(11)8-5-3-2-4-6-8/h8-9,11H,1-6H2. The van der Waals surface area contributed by atoms with Crippen molar-refractivity contribution >= 4 is 15.9 Å². The van der Waals surface area contributed by atoms with Gasteiger partial charge in [-0.1, -0.05) is 41.8 Å². The molecule has 0 aliphatic heterocycles. The molecule has 1 fully saturated rings.